The van der Waals surface area contributed by atoms with Crippen molar-refractivity contribution < 1.29 is 27.5 Å². The van der Waals surface area contributed by atoms with Gasteiger partial charge in [0.2, 0.25) is 15.8 Å². The van der Waals surface area contributed by atoms with Crippen molar-refractivity contribution in [1.82, 2.24) is 4.31 Å². The normalized spacial score (nSPS) is 12.7. The third kappa shape index (κ3) is 6.26. The first kappa shape index (κ1) is 24.3. The minimum atomic E-state index is -3.53. The number of nitrogens with zero attached hydrogens (tertiary/aromatic N) is 1. The van der Waals surface area contributed by atoms with Gasteiger partial charge in [0.05, 0.1) is 12.0 Å². The highest BCUT2D eigenvalue weighted by Gasteiger charge is 2.21. The van der Waals surface area contributed by atoms with E-state index in [-0.39, 0.29) is 10.7 Å². The number of methoxy groups -OCH3 is 1. The zero-order chi connectivity index (χ0) is 23.0. The maximum atomic E-state index is 12.5. The van der Waals surface area contributed by atoms with Gasteiger partial charge in [-0.15, -0.1) is 0 Å². The molecule has 0 spiro atoms. The third-order valence-electron chi connectivity index (χ3n) is 4.67. The van der Waals surface area contributed by atoms with Gasteiger partial charge in [-0.25, -0.2) is 13.2 Å². The number of esters is 1. The zero-order valence-corrected chi connectivity index (χ0v) is 18.9. The second-order valence-electron chi connectivity index (χ2n) is 6.66. The van der Waals surface area contributed by atoms with E-state index in [1.54, 1.807) is 50.2 Å². The van der Waals surface area contributed by atoms with E-state index in [0.717, 1.165) is 0 Å². The molecule has 8 heteroatoms. The van der Waals surface area contributed by atoms with Gasteiger partial charge in [0.15, 0.2) is 6.10 Å². The van der Waals surface area contributed by atoms with E-state index in [4.69, 9.17) is 9.47 Å². The van der Waals surface area contributed by atoms with Gasteiger partial charge in [-0.3, -0.25) is 4.79 Å². The van der Waals surface area contributed by atoms with E-state index >= 15 is 0 Å². The second-order valence-corrected chi connectivity index (χ2v) is 8.60. The summed E-state index contributed by atoms with van der Waals surface area (Å²) >= 11 is 0. The van der Waals surface area contributed by atoms with E-state index in [1.807, 2.05) is 0 Å². The molecule has 2 aromatic rings. The number of hydrogen-bond acceptors (Lipinski definition) is 6. The minimum absolute atomic E-state index is 0.189. The molecule has 1 atom stereocenters. The lowest BCUT2D eigenvalue weighted by atomic mass is 10.1. The van der Waals surface area contributed by atoms with E-state index in [0.29, 0.717) is 30.0 Å². The lowest BCUT2D eigenvalue weighted by Gasteiger charge is -2.18. The van der Waals surface area contributed by atoms with Gasteiger partial charge in [-0.1, -0.05) is 26.0 Å². The van der Waals surface area contributed by atoms with E-state index < -0.39 is 22.1 Å². The van der Waals surface area contributed by atoms with Crippen LogP contribution in [0.2, 0.25) is 0 Å². The fraction of sp³-hybridized carbons (Fsp3) is 0.304. The number of ketones is 1. The molecule has 0 aliphatic heterocycles. The molecule has 0 aliphatic rings. The SMILES string of the molecule is CCN(CC)S(=O)(=O)c1ccc(C=CC(=O)OC(C)C(=O)c2ccc(OC)cc2)cc1. The van der Waals surface area contributed by atoms with E-state index in [2.05, 4.69) is 0 Å². The zero-order valence-electron chi connectivity index (χ0n) is 18.1. The van der Waals surface area contributed by atoms with Crippen molar-refractivity contribution in [3.8, 4) is 5.75 Å². The highest BCUT2D eigenvalue weighted by Crippen LogP contribution is 2.17. The first-order valence-electron chi connectivity index (χ1n) is 9.90. The fourth-order valence-electron chi connectivity index (χ4n) is 2.88. The van der Waals surface area contributed by atoms with Crippen molar-refractivity contribution in [3.63, 3.8) is 0 Å². The molecule has 0 bridgehead atoms. The van der Waals surface area contributed by atoms with Crippen LogP contribution in [0.25, 0.3) is 6.08 Å². The Bertz CT molecular complexity index is 1020. The molecular weight excluding hydrogens is 418 g/mol. The van der Waals surface area contributed by atoms with Crippen LogP contribution in [0.15, 0.2) is 59.5 Å². The number of carbonyl (C=O) groups excluding carboxylic acids is 2. The Hall–Kier alpha value is -2.97. The summed E-state index contributed by atoms with van der Waals surface area (Å²) in [6.45, 7) is 5.85. The van der Waals surface area contributed by atoms with Crippen LogP contribution in [0.5, 0.6) is 5.75 Å². The molecule has 31 heavy (non-hydrogen) atoms. The second kappa shape index (κ2) is 10.9. The minimum Gasteiger partial charge on any atom is -0.497 e. The van der Waals surface area contributed by atoms with Crippen LogP contribution in [0, 0.1) is 0 Å². The summed E-state index contributed by atoms with van der Waals surface area (Å²) in [5.41, 5.74) is 1.04. The predicted octanol–water partition coefficient (Wildman–Crippen LogP) is 3.55. The number of carbonyl (C=O) groups is 2. The van der Waals surface area contributed by atoms with Gasteiger partial charge < -0.3 is 9.47 Å². The van der Waals surface area contributed by atoms with Crippen molar-refractivity contribution >= 4 is 27.9 Å². The molecule has 166 valence electrons. The molecule has 0 aromatic heterocycles. The standard InChI is InChI=1S/C23H27NO6S/c1-5-24(6-2)31(27,28)21-14-7-18(8-15-21)9-16-22(25)30-17(3)23(26)19-10-12-20(29-4)13-11-19/h7-17H,5-6H2,1-4H3. The van der Waals surface area contributed by atoms with Gasteiger partial charge in [0.1, 0.15) is 5.75 Å². The number of Topliss-reactive ketones (excluding diaryl/α,β-unsaturated/α-hetero) is 1. The van der Waals surface area contributed by atoms with E-state index in [9.17, 15) is 18.0 Å². The number of sulfonamides is 1. The molecule has 2 rings (SSSR count). The predicted molar refractivity (Wildman–Crippen MR) is 118 cm³/mol. The molecule has 0 saturated carbocycles. The van der Waals surface area contributed by atoms with Gasteiger partial charge >= 0.3 is 5.97 Å². The number of hydrogen-bond donors (Lipinski definition) is 0. The van der Waals surface area contributed by atoms with E-state index in [1.165, 1.54) is 42.6 Å². The van der Waals surface area contributed by atoms with Crippen molar-refractivity contribution in [1.29, 1.82) is 0 Å². The van der Waals surface area contributed by atoms with Crippen LogP contribution < -0.4 is 4.74 Å². The van der Waals surface area contributed by atoms with Crippen molar-refractivity contribution in [2.45, 2.75) is 31.8 Å². The van der Waals surface area contributed by atoms with Crippen LogP contribution in [0.3, 0.4) is 0 Å². The highest BCUT2D eigenvalue weighted by atomic mass is 32.2. The first-order chi connectivity index (χ1) is 14.7. The fourth-order valence-corrected chi connectivity index (χ4v) is 4.34. The Kier molecular flexibility index (Phi) is 8.53. The molecule has 0 radical (unpaired) electrons. The maximum Gasteiger partial charge on any atom is 0.331 e. The number of benzene rings is 2. The smallest absolute Gasteiger partial charge is 0.331 e. The summed E-state index contributed by atoms with van der Waals surface area (Å²) in [5, 5.41) is 0. The van der Waals surface area contributed by atoms with Gasteiger partial charge in [-0.05, 0) is 55.0 Å². The molecular formula is C23H27NO6S. The van der Waals surface area contributed by atoms with Gasteiger partial charge in [0, 0.05) is 24.7 Å². The van der Waals surface area contributed by atoms with Crippen LogP contribution >= 0.6 is 0 Å². The van der Waals surface area contributed by atoms with Crippen LogP contribution in [-0.4, -0.2) is 50.8 Å². The molecule has 0 fully saturated rings. The molecule has 0 amide bonds. The summed E-state index contributed by atoms with van der Waals surface area (Å²) in [7, 11) is -2.00. The molecule has 2 aromatic carbocycles. The Morgan fingerprint density at radius 1 is 1.00 bits per heavy atom. The lowest BCUT2D eigenvalue weighted by Crippen LogP contribution is -2.30. The molecule has 0 aliphatic carbocycles. The van der Waals surface area contributed by atoms with Gasteiger partial charge in [0.25, 0.3) is 0 Å². The summed E-state index contributed by atoms with van der Waals surface area (Å²) in [6, 6.07) is 12.7. The van der Waals surface area contributed by atoms with Crippen molar-refractivity contribution in [3.05, 3.63) is 65.7 Å². The first-order valence-corrected chi connectivity index (χ1v) is 11.3. The Labute approximate surface area is 183 Å². The molecule has 0 N–H and O–H groups in total. The largest absolute Gasteiger partial charge is 0.497 e. The average Bonchev–Trinajstić information content (AvgIpc) is 2.78. The topological polar surface area (TPSA) is 90.0 Å². The van der Waals surface area contributed by atoms with Crippen molar-refractivity contribution in [2.75, 3.05) is 20.2 Å². The summed E-state index contributed by atoms with van der Waals surface area (Å²) in [5.74, 6) is -0.371. The Balaban J connectivity index is 2.00. The summed E-state index contributed by atoms with van der Waals surface area (Å²) in [6.07, 6.45) is 1.75. The molecule has 0 saturated heterocycles. The monoisotopic (exact) mass is 445 g/mol. The molecule has 1 unspecified atom stereocenters. The van der Waals surface area contributed by atoms with Crippen LogP contribution in [-0.2, 0) is 19.6 Å². The van der Waals surface area contributed by atoms with Crippen LogP contribution in [0.4, 0.5) is 0 Å². The number of ether oxygens (including phenoxy) is 2. The maximum absolute atomic E-state index is 12.5. The number of rotatable bonds is 10. The highest BCUT2D eigenvalue weighted by molar-refractivity contribution is 7.89. The molecule has 7 nitrogen and oxygen atoms in total. The Morgan fingerprint density at radius 2 is 1.58 bits per heavy atom. The van der Waals surface area contributed by atoms with Crippen LogP contribution in [0.1, 0.15) is 36.7 Å². The average molecular weight is 446 g/mol. The quantitative estimate of drug-likeness (QED) is 0.316. The summed E-state index contributed by atoms with van der Waals surface area (Å²) < 4.78 is 36.6. The van der Waals surface area contributed by atoms with Gasteiger partial charge in [-0.2, -0.15) is 4.31 Å². The Morgan fingerprint density at radius 3 is 2.10 bits per heavy atom. The lowest BCUT2D eigenvalue weighted by molar-refractivity contribution is -0.140. The summed E-state index contributed by atoms with van der Waals surface area (Å²) in [4.78, 5) is 24.6. The third-order valence-corrected chi connectivity index (χ3v) is 6.74. The van der Waals surface area contributed by atoms with Crippen molar-refractivity contribution in [2.24, 2.45) is 0 Å². The molecule has 0 heterocycles.